The largest absolute Gasteiger partial charge is 0.352 e. The van der Waals surface area contributed by atoms with Crippen LogP contribution < -0.4 is 5.32 Å². The third-order valence-electron chi connectivity index (χ3n) is 3.50. The Morgan fingerprint density at radius 3 is 2.06 bits per heavy atom. The molecule has 0 amide bonds. The van der Waals surface area contributed by atoms with Gasteiger partial charge >= 0.3 is 0 Å². The molecule has 2 aliphatic rings. The van der Waals surface area contributed by atoms with Gasteiger partial charge in [0, 0.05) is 0 Å². The van der Waals surface area contributed by atoms with Crippen molar-refractivity contribution in [2.75, 3.05) is 40.0 Å². The van der Waals surface area contributed by atoms with Gasteiger partial charge in [-0.1, -0.05) is 6.92 Å². The van der Waals surface area contributed by atoms with Crippen molar-refractivity contribution in [2.24, 2.45) is 5.41 Å². The molecule has 2 fully saturated rings. The van der Waals surface area contributed by atoms with E-state index in [1.165, 1.54) is 0 Å². The second kappa shape index (κ2) is 6.82. The van der Waals surface area contributed by atoms with Crippen molar-refractivity contribution in [1.82, 2.24) is 5.32 Å². The van der Waals surface area contributed by atoms with E-state index >= 15 is 0 Å². The van der Waals surface area contributed by atoms with Crippen LogP contribution in [-0.2, 0) is 18.9 Å². The standard InChI is InChI=1S/C13H25NO4/c1-3-11-15-7-13(8-16-11)9-17-12(18-10-13)5-4-6-14-2/h11-12,14H,3-10H2,1-2H3. The Hall–Kier alpha value is -0.200. The summed E-state index contributed by atoms with van der Waals surface area (Å²) in [5, 5.41) is 3.12. The molecule has 0 unspecified atom stereocenters. The molecule has 2 aliphatic heterocycles. The molecule has 2 heterocycles. The smallest absolute Gasteiger partial charge is 0.157 e. The van der Waals surface area contributed by atoms with Crippen molar-refractivity contribution in [2.45, 2.75) is 38.8 Å². The van der Waals surface area contributed by atoms with Crippen LogP contribution in [0.25, 0.3) is 0 Å². The molecule has 0 radical (unpaired) electrons. The zero-order valence-electron chi connectivity index (χ0n) is 11.4. The molecule has 5 nitrogen and oxygen atoms in total. The maximum absolute atomic E-state index is 5.78. The monoisotopic (exact) mass is 259 g/mol. The molecule has 5 heteroatoms. The highest BCUT2D eigenvalue weighted by Gasteiger charge is 2.41. The SMILES string of the molecule is CCC1OCC2(CO1)COC(CCCNC)OC2. The summed E-state index contributed by atoms with van der Waals surface area (Å²) >= 11 is 0. The highest BCUT2D eigenvalue weighted by molar-refractivity contribution is 4.84. The number of ether oxygens (including phenoxy) is 4. The highest BCUT2D eigenvalue weighted by atomic mass is 16.7. The predicted octanol–water partition coefficient (Wildman–Crippen LogP) is 1.13. The maximum Gasteiger partial charge on any atom is 0.157 e. The van der Waals surface area contributed by atoms with E-state index in [2.05, 4.69) is 12.2 Å². The number of hydrogen-bond donors (Lipinski definition) is 1. The lowest BCUT2D eigenvalue weighted by Crippen LogP contribution is -2.52. The quantitative estimate of drug-likeness (QED) is 0.750. The Morgan fingerprint density at radius 2 is 1.56 bits per heavy atom. The first kappa shape index (κ1) is 14.2. The van der Waals surface area contributed by atoms with Crippen LogP contribution in [0.2, 0.25) is 0 Å². The molecule has 0 aromatic carbocycles. The first-order chi connectivity index (χ1) is 8.78. The van der Waals surface area contributed by atoms with Gasteiger partial charge in [-0.3, -0.25) is 0 Å². The van der Waals surface area contributed by atoms with Gasteiger partial charge < -0.3 is 24.3 Å². The summed E-state index contributed by atoms with van der Waals surface area (Å²) in [6.07, 6.45) is 2.79. The van der Waals surface area contributed by atoms with E-state index in [0.29, 0.717) is 26.4 Å². The Labute approximate surface area is 109 Å². The summed E-state index contributed by atoms with van der Waals surface area (Å²) in [6, 6.07) is 0. The first-order valence-electron chi connectivity index (χ1n) is 6.89. The summed E-state index contributed by atoms with van der Waals surface area (Å²) in [5.74, 6) is 0. The lowest BCUT2D eigenvalue weighted by atomic mass is 9.90. The molecule has 1 spiro atoms. The molecule has 0 saturated carbocycles. The minimum Gasteiger partial charge on any atom is -0.352 e. The van der Waals surface area contributed by atoms with E-state index in [1.807, 2.05) is 7.05 Å². The maximum atomic E-state index is 5.78. The van der Waals surface area contributed by atoms with Crippen molar-refractivity contribution in [3.63, 3.8) is 0 Å². The van der Waals surface area contributed by atoms with Crippen LogP contribution in [0.4, 0.5) is 0 Å². The molecule has 0 bridgehead atoms. The number of rotatable bonds is 5. The lowest BCUT2D eigenvalue weighted by Gasteiger charge is -2.43. The fraction of sp³-hybridized carbons (Fsp3) is 1.00. The second-order valence-corrected chi connectivity index (χ2v) is 5.26. The zero-order valence-corrected chi connectivity index (χ0v) is 11.4. The molecular formula is C13H25NO4. The summed E-state index contributed by atoms with van der Waals surface area (Å²) in [5.41, 5.74) is -0.0921. The Morgan fingerprint density at radius 1 is 1.00 bits per heavy atom. The Kier molecular flexibility index (Phi) is 5.38. The topological polar surface area (TPSA) is 49.0 Å². The van der Waals surface area contributed by atoms with Crippen molar-refractivity contribution in [1.29, 1.82) is 0 Å². The van der Waals surface area contributed by atoms with Gasteiger partial charge in [0.25, 0.3) is 0 Å². The molecule has 1 N–H and O–H groups in total. The van der Waals surface area contributed by atoms with Crippen LogP contribution in [0.15, 0.2) is 0 Å². The van der Waals surface area contributed by atoms with Crippen molar-refractivity contribution >= 4 is 0 Å². The average molecular weight is 259 g/mol. The molecule has 2 rings (SSSR count). The van der Waals surface area contributed by atoms with Crippen molar-refractivity contribution in [3.05, 3.63) is 0 Å². The minimum atomic E-state index is -0.0921. The first-order valence-corrected chi connectivity index (χ1v) is 6.89. The predicted molar refractivity (Wildman–Crippen MR) is 67.3 cm³/mol. The zero-order chi connectivity index (χ0) is 12.8. The number of hydrogen-bond acceptors (Lipinski definition) is 5. The van der Waals surface area contributed by atoms with Gasteiger partial charge in [-0.15, -0.1) is 0 Å². The van der Waals surface area contributed by atoms with Crippen LogP contribution >= 0.6 is 0 Å². The molecular weight excluding hydrogens is 234 g/mol. The van der Waals surface area contributed by atoms with Crippen LogP contribution in [0.5, 0.6) is 0 Å². The highest BCUT2D eigenvalue weighted by Crippen LogP contribution is 2.31. The van der Waals surface area contributed by atoms with Gasteiger partial charge in [0.2, 0.25) is 0 Å². The summed E-state index contributed by atoms with van der Waals surface area (Å²) in [6.45, 7) is 5.76. The van der Waals surface area contributed by atoms with Crippen LogP contribution in [0.1, 0.15) is 26.2 Å². The van der Waals surface area contributed by atoms with Gasteiger partial charge in [-0.2, -0.15) is 0 Å². The van der Waals surface area contributed by atoms with E-state index in [4.69, 9.17) is 18.9 Å². The summed E-state index contributed by atoms with van der Waals surface area (Å²) < 4.78 is 22.9. The second-order valence-electron chi connectivity index (χ2n) is 5.26. The summed E-state index contributed by atoms with van der Waals surface area (Å²) in [4.78, 5) is 0. The third-order valence-corrected chi connectivity index (χ3v) is 3.50. The minimum absolute atomic E-state index is 0.0519. The molecule has 0 aromatic heterocycles. The van der Waals surface area contributed by atoms with Crippen LogP contribution in [0.3, 0.4) is 0 Å². The fourth-order valence-electron chi connectivity index (χ4n) is 2.27. The molecule has 0 aromatic rings. The van der Waals surface area contributed by atoms with E-state index in [0.717, 1.165) is 25.8 Å². The van der Waals surface area contributed by atoms with Crippen LogP contribution in [0, 0.1) is 5.41 Å². The van der Waals surface area contributed by atoms with Gasteiger partial charge in [-0.05, 0) is 32.9 Å². The molecule has 106 valence electrons. The van der Waals surface area contributed by atoms with Crippen LogP contribution in [-0.4, -0.2) is 52.6 Å². The normalized spacial score (nSPS) is 37.0. The van der Waals surface area contributed by atoms with Gasteiger partial charge in [0.15, 0.2) is 12.6 Å². The number of nitrogens with one attached hydrogen (secondary N) is 1. The molecule has 2 saturated heterocycles. The third kappa shape index (κ3) is 3.65. The van der Waals surface area contributed by atoms with E-state index < -0.39 is 0 Å². The Bertz CT molecular complexity index is 231. The van der Waals surface area contributed by atoms with Gasteiger partial charge in [0.1, 0.15) is 0 Å². The van der Waals surface area contributed by atoms with E-state index in [9.17, 15) is 0 Å². The van der Waals surface area contributed by atoms with E-state index in [-0.39, 0.29) is 18.0 Å². The van der Waals surface area contributed by atoms with Gasteiger partial charge in [-0.25, -0.2) is 0 Å². The molecule has 0 aliphatic carbocycles. The van der Waals surface area contributed by atoms with Crippen molar-refractivity contribution in [3.8, 4) is 0 Å². The molecule has 18 heavy (non-hydrogen) atoms. The van der Waals surface area contributed by atoms with Crippen molar-refractivity contribution < 1.29 is 18.9 Å². The van der Waals surface area contributed by atoms with Gasteiger partial charge in [0.05, 0.1) is 31.8 Å². The Balaban J connectivity index is 1.69. The lowest BCUT2D eigenvalue weighted by molar-refractivity contribution is -0.303. The van der Waals surface area contributed by atoms with E-state index in [1.54, 1.807) is 0 Å². The average Bonchev–Trinajstić information content (AvgIpc) is 2.42. The molecule has 0 atom stereocenters. The summed E-state index contributed by atoms with van der Waals surface area (Å²) in [7, 11) is 1.96. The fourth-order valence-corrected chi connectivity index (χ4v) is 2.27.